The Bertz CT molecular complexity index is 375. The lowest BCUT2D eigenvalue weighted by Crippen LogP contribution is -2.15. The van der Waals surface area contributed by atoms with Gasteiger partial charge in [0.2, 0.25) is 0 Å². The molecule has 0 spiro atoms. The molecule has 1 rings (SSSR count). The van der Waals surface area contributed by atoms with E-state index in [-0.39, 0.29) is 23.9 Å². The number of ketones is 1. The van der Waals surface area contributed by atoms with Crippen molar-refractivity contribution >= 4 is 21.7 Å². The van der Waals surface area contributed by atoms with Crippen molar-refractivity contribution in [2.75, 3.05) is 6.54 Å². The topological polar surface area (TPSA) is 43.1 Å². The number of benzene rings is 1. The van der Waals surface area contributed by atoms with Gasteiger partial charge in [0.05, 0.1) is 0 Å². The molecule has 0 aromatic heterocycles. The lowest BCUT2D eigenvalue weighted by molar-refractivity contribution is -0.121. The van der Waals surface area contributed by atoms with Crippen LogP contribution >= 0.6 is 15.9 Å². The Morgan fingerprint density at radius 3 is 2.76 bits per heavy atom. The molecule has 0 bridgehead atoms. The maximum Gasteiger partial charge on any atom is 0.140 e. The van der Waals surface area contributed by atoms with Crippen molar-refractivity contribution in [3.63, 3.8) is 0 Å². The Morgan fingerprint density at radius 2 is 2.18 bits per heavy atom. The fourth-order valence-electron chi connectivity index (χ4n) is 1.67. The number of rotatable bonds is 6. The number of hydrogen-bond donors (Lipinski definition) is 1. The van der Waals surface area contributed by atoms with E-state index in [1.165, 1.54) is 12.1 Å². The zero-order valence-electron chi connectivity index (χ0n) is 9.88. The van der Waals surface area contributed by atoms with Gasteiger partial charge in [-0.2, -0.15) is 0 Å². The smallest absolute Gasteiger partial charge is 0.140 e. The molecule has 0 aliphatic carbocycles. The first-order valence-corrected chi connectivity index (χ1v) is 6.50. The fraction of sp³-hybridized carbons (Fsp3) is 0.462. The van der Waals surface area contributed by atoms with Gasteiger partial charge in [0, 0.05) is 16.8 Å². The Balaban J connectivity index is 2.61. The summed E-state index contributed by atoms with van der Waals surface area (Å²) in [6, 6.07) is 4.56. The van der Waals surface area contributed by atoms with Crippen LogP contribution in [0, 0.1) is 11.7 Å². The van der Waals surface area contributed by atoms with Gasteiger partial charge in [-0.25, -0.2) is 4.39 Å². The molecule has 0 aliphatic rings. The summed E-state index contributed by atoms with van der Waals surface area (Å²) >= 11 is 3.21. The summed E-state index contributed by atoms with van der Waals surface area (Å²) in [6.45, 7) is 2.50. The molecule has 2 nitrogen and oxygen atoms in total. The van der Waals surface area contributed by atoms with Gasteiger partial charge in [-0.1, -0.05) is 22.9 Å². The monoisotopic (exact) mass is 301 g/mol. The second-order valence-electron chi connectivity index (χ2n) is 4.25. The second-order valence-corrected chi connectivity index (χ2v) is 5.17. The van der Waals surface area contributed by atoms with Gasteiger partial charge in [0.25, 0.3) is 0 Å². The zero-order chi connectivity index (χ0) is 12.8. The molecule has 1 aromatic carbocycles. The van der Waals surface area contributed by atoms with Crippen LogP contribution in [0.4, 0.5) is 4.39 Å². The van der Waals surface area contributed by atoms with E-state index >= 15 is 0 Å². The van der Waals surface area contributed by atoms with E-state index in [0.717, 1.165) is 12.8 Å². The third-order valence-corrected chi connectivity index (χ3v) is 3.15. The summed E-state index contributed by atoms with van der Waals surface area (Å²) < 4.78 is 13.8. The highest BCUT2D eigenvalue weighted by atomic mass is 79.9. The maximum atomic E-state index is 13.1. The number of nitrogens with two attached hydrogens (primary N) is 1. The number of carbonyl (C=O) groups is 1. The van der Waals surface area contributed by atoms with E-state index < -0.39 is 0 Å². The number of carbonyl (C=O) groups excluding carboxylic acids is 1. The zero-order valence-corrected chi connectivity index (χ0v) is 11.5. The van der Waals surface area contributed by atoms with Crippen molar-refractivity contribution in [2.24, 2.45) is 11.7 Å². The molecule has 17 heavy (non-hydrogen) atoms. The van der Waals surface area contributed by atoms with Crippen LogP contribution in [-0.2, 0) is 11.2 Å². The molecule has 0 heterocycles. The highest BCUT2D eigenvalue weighted by molar-refractivity contribution is 9.10. The summed E-state index contributed by atoms with van der Waals surface area (Å²) in [5.74, 6) is -0.201. The number of Topliss-reactive ketones (excluding diaryl/α,β-unsaturated/α-hetero) is 1. The summed E-state index contributed by atoms with van der Waals surface area (Å²) in [5.41, 5.74) is 6.11. The summed E-state index contributed by atoms with van der Waals surface area (Å²) in [6.07, 6.45) is 1.92. The molecule has 0 radical (unpaired) electrons. The van der Waals surface area contributed by atoms with E-state index in [4.69, 9.17) is 5.73 Å². The van der Waals surface area contributed by atoms with E-state index in [0.29, 0.717) is 16.6 Å². The van der Waals surface area contributed by atoms with Crippen LogP contribution in [0.15, 0.2) is 22.7 Å². The van der Waals surface area contributed by atoms with E-state index in [2.05, 4.69) is 15.9 Å². The predicted molar refractivity (Wildman–Crippen MR) is 70.3 cm³/mol. The standard InChI is InChI=1S/C13H17BrFNO/c1-9(3-2-4-16)13(17)7-10-5-11(14)8-12(15)6-10/h5-6,8-9H,2-4,7,16H2,1H3. The molecule has 0 amide bonds. The maximum absolute atomic E-state index is 13.1. The fourth-order valence-corrected chi connectivity index (χ4v) is 2.19. The van der Waals surface area contributed by atoms with E-state index in [1.54, 1.807) is 6.07 Å². The lowest BCUT2D eigenvalue weighted by Gasteiger charge is -2.09. The first-order valence-electron chi connectivity index (χ1n) is 5.70. The van der Waals surface area contributed by atoms with Crippen LogP contribution in [0.3, 0.4) is 0 Å². The minimum Gasteiger partial charge on any atom is -0.330 e. The third kappa shape index (κ3) is 4.96. The SMILES string of the molecule is CC(CCCN)C(=O)Cc1cc(F)cc(Br)c1. The Labute approximate surface area is 110 Å². The van der Waals surface area contributed by atoms with Gasteiger partial charge in [0.1, 0.15) is 11.6 Å². The number of hydrogen-bond acceptors (Lipinski definition) is 2. The van der Waals surface area contributed by atoms with Gasteiger partial charge in [-0.3, -0.25) is 4.79 Å². The van der Waals surface area contributed by atoms with Gasteiger partial charge in [0.15, 0.2) is 0 Å². The van der Waals surface area contributed by atoms with Crippen molar-refractivity contribution in [1.82, 2.24) is 0 Å². The average molecular weight is 302 g/mol. The molecular weight excluding hydrogens is 285 g/mol. The van der Waals surface area contributed by atoms with Gasteiger partial charge in [-0.15, -0.1) is 0 Å². The summed E-state index contributed by atoms with van der Waals surface area (Å²) in [4.78, 5) is 11.9. The molecule has 4 heteroatoms. The molecule has 1 unspecified atom stereocenters. The quantitative estimate of drug-likeness (QED) is 0.877. The van der Waals surface area contributed by atoms with Gasteiger partial charge < -0.3 is 5.73 Å². The molecule has 0 saturated carbocycles. The molecule has 0 fully saturated rings. The minimum atomic E-state index is -0.322. The first-order chi connectivity index (χ1) is 8.02. The second kappa shape index (κ2) is 6.87. The van der Waals surface area contributed by atoms with E-state index in [9.17, 15) is 9.18 Å². The van der Waals surface area contributed by atoms with Crippen molar-refractivity contribution in [3.8, 4) is 0 Å². The van der Waals surface area contributed by atoms with Gasteiger partial charge in [-0.05, 0) is 43.1 Å². The molecule has 2 N–H and O–H groups in total. The van der Waals surface area contributed by atoms with Crippen molar-refractivity contribution in [1.29, 1.82) is 0 Å². The third-order valence-electron chi connectivity index (χ3n) is 2.69. The lowest BCUT2D eigenvalue weighted by atomic mass is 9.95. The first kappa shape index (κ1) is 14.3. The largest absolute Gasteiger partial charge is 0.330 e. The van der Waals surface area contributed by atoms with Crippen LogP contribution in [0.2, 0.25) is 0 Å². The molecule has 94 valence electrons. The Hall–Kier alpha value is -0.740. The molecule has 0 aliphatic heterocycles. The predicted octanol–water partition coefficient (Wildman–Crippen LogP) is 3.07. The van der Waals surface area contributed by atoms with Crippen LogP contribution in [0.1, 0.15) is 25.3 Å². The van der Waals surface area contributed by atoms with Crippen molar-refractivity contribution < 1.29 is 9.18 Å². The van der Waals surface area contributed by atoms with Gasteiger partial charge >= 0.3 is 0 Å². The molecule has 0 saturated heterocycles. The Morgan fingerprint density at radius 1 is 1.47 bits per heavy atom. The van der Waals surface area contributed by atoms with Crippen LogP contribution in [0.5, 0.6) is 0 Å². The molecule has 1 atom stereocenters. The highest BCUT2D eigenvalue weighted by Crippen LogP contribution is 2.17. The van der Waals surface area contributed by atoms with E-state index in [1.807, 2.05) is 6.92 Å². The summed E-state index contributed by atoms with van der Waals surface area (Å²) in [7, 11) is 0. The molecule has 1 aromatic rings. The van der Waals surface area contributed by atoms with Crippen molar-refractivity contribution in [2.45, 2.75) is 26.2 Å². The average Bonchev–Trinajstić information content (AvgIpc) is 2.24. The van der Waals surface area contributed by atoms with Crippen LogP contribution in [0.25, 0.3) is 0 Å². The molecular formula is C13H17BrFNO. The highest BCUT2D eigenvalue weighted by Gasteiger charge is 2.13. The Kier molecular flexibility index (Phi) is 5.78. The van der Waals surface area contributed by atoms with Crippen molar-refractivity contribution in [3.05, 3.63) is 34.1 Å². The van der Waals surface area contributed by atoms with Crippen LogP contribution < -0.4 is 5.73 Å². The normalized spacial score (nSPS) is 12.5. The number of halogens is 2. The minimum absolute atomic E-state index is 0.0133. The van der Waals surface area contributed by atoms with Crippen LogP contribution in [-0.4, -0.2) is 12.3 Å². The summed E-state index contributed by atoms with van der Waals surface area (Å²) in [5, 5.41) is 0.